The largest absolute Gasteiger partial charge is 0.237 e. The molecule has 0 atom stereocenters. The zero-order valence-corrected chi connectivity index (χ0v) is 10.3. The van der Waals surface area contributed by atoms with E-state index < -0.39 is 0 Å². The van der Waals surface area contributed by atoms with Gasteiger partial charge in [-0.25, -0.2) is 9.97 Å². The Morgan fingerprint density at radius 3 is 2.50 bits per heavy atom. The molecule has 0 unspecified atom stereocenters. The van der Waals surface area contributed by atoms with Crippen molar-refractivity contribution in [2.45, 2.75) is 57.3 Å². The zero-order valence-electron chi connectivity index (χ0n) is 9.51. The third-order valence-corrected chi connectivity index (χ3v) is 4.18. The van der Waals surface area contributed by atoms with E-state index in [-0.39, 0.29) is 0 Å². The summed E-state index contributed by atoms with van der Waals surface area (Å²) in [6.45, 7) is 0. The summed E-state index contributed by atoms with van der Waals surface area (Å²) in [4.78, 5) is 9.28. The Bertz CT molecular complexity index is 397. The molecule has 1 aromatic rings. The summed E-state index contributed by atoms with van der Waals surface area (Å²) in [5, 5.41) is 0.728. The van der Waals surface area contributed by atoms with E-state index in [1.165, 1.54) is 49.8 Å². The van der Waals surface area contributed by atoms with Gasteiger partial charge in [0.05, 0.1) is 0 Å². The summed E-state index contributed by atoms with van der Waals surface area (Å²) in [6, 6.07) is 0. The van der Waals surface area contributed by atoms with Crippen LogP contribution in [0.1, 0.15) is 61.5 Å². The molecule has 1 heterocycles. The van der Waals surface area contributed by atoms with Gasteiger partial charge < -0.3 is 0 Å². The molecule has 0 N–H and O–H groups in total. The third-order valence-electron chi connectivity index (χ3n) is 3.87. The first-order valence-corrected chi connectivity index (χ1v) is 6.77. The molecule has 0 amide bonds. The minimum Gasteiger partial charge on any atom is -0.237 e. The van der Waals surface area contributed by atoms with Crippen LogP contribution in [-0.2, 0) is 12.8 Å². The maximum atomic E-state index is 6.27. The van der Waals surface area contributed by atoms with Crippen LogP contribution in [0.3, 0.4) is 0 Å². The van der Waals surface area contributed by atoms with E-state index in [0.29, 0.717) is 5.92 Å². The Labute approximate surface area is 101 Å². The van der Waals surface area contributed by atoms with Gasteiger partial charge >= 0.3 is 0 Å². The number of fused-ring (bicyclic) bond motifs is 1. The minimum absolute atomic E-state index is 0.574. The Kier molecular flexibility index (Phi) is 2.84. The molecule has 1 fully saturated rings. The molecule has 0 radical (unpaired) electrons. The standard InChI is InChI=1S/C13H17ClN2/c14-12-10-7-3-4-8-11(10)15-13(16-12)9-5-1-2-6-9/h9H,1-8H2. The van der Waals surface area contributed by atoms with Crippen molar-refractivity contribution in [1.82, 2.24) is 9.97 Å². The van der Waals surface area contributed by atoms with Crippen LogP contribution in [0.5, 0.6) is 0 Å². The first-order valence-electron chi connectivity index (χ1n) is 6.40. The second-order valence-electron chi connectivity index (χ2n) is 4.99. The van der Waals surface area contributed by atoms with Crippen molar-refractivity contribution in [3.05, 3.63) is 22.2 Å². The molecule has 86 valence electrons. The minimum atomic E-state index is 0.574. The van der Waals surface area contributed by atoms with Crippen molar-refractivity contribution in [3.63, 3.8) is 0 Å². The van der Waals surface area contributed by atoms with Gasteiger partial charge in [-0.1, -0.05) is 24.4 Å². The van der Waals surface area contributed by atoms with Gasteiger partial charge in [0.2, 0.25) is 0 Å². The van der Waals surface area contributed by atoms with Crippen LogP contribution >= 0.6 is 11.6 Å². The van der Waals surface area contributed by atoms with Crippen molar-refractivity contribution in [2.24, 2.45) is 0 Å². The summed E-state index contributed by atoms with van der Waals surface area (Å²) in [7, 11) is 0. The number of rotatable bonds is 1. The Hall–Kier alpha value is -0.630. The fourth-order valence-corrected chi connectivity index (χ4v) is 3.22. The highest BCUT2D eigenvalue weighted by Gasteiger charge is 2.23. The lowest BCUT2D eigenvalue weighted by molar-refractivity contribution is 0.620. The van der Waals surface area contributed by atoms with E-state index in [1.807, 2.05) is 0 Å². The number of nitrogens with zero attached hydrogens (tertiary/aromatic N) is 2. The lowest BCUT2D eigenvalue weighted by atomic mass is 9.96. The molecule has 0 aliphatic heterocycles. The van der Waals surface area contributed by atoms with Crippen molar-refractivity contribution >= 4 is 11.6 Å². The number of halogens is 1. The van der Waals surface area contributed by atoms with Crippen molar-refractivity contribution in [3.8, 4) is 0 Å². The van der Waals surface area contributed by atoms with Gasteiger partial charge in [0.1, 0.15) is 11.0 Å². The summed E-state index contributed by atoms with van der Waals surface area (Å²) < 4.78 is 0. The molecule has 3 heteroatoms. The topological polar surface area (TPSA) is 25.8 Å². The van der Waals surface area contributed by atoms with Crippen LogP contribution in [0.2, 0.25) is 5.15 Å². The molecule has 2 nitrogen and oxygen atoms in total. The van der Waals surface area contributed by atoms with Gasteiger partial charge in [0, 0.05) is 17.2 Å². The molecule has 3 rings (SSSR count). The smallest absolute Gasteiger partial charge is 0.136 e. The summed E-state index contributed by atoms with van der Waals surface area (Å²) in [5.74, 6) is 1.59. The lowest BCUT2D eigenvalue weighted by Gasteiger charge is -2.18. The van der Waals surface area contributed by atoms with E-state index in [4.69, 9.17) is 16.6 Å². The van der Waals surface area contributed by atoms with E-state index in [1.54, 1.807) is 0 Å². The van der Waals surface area contributed by atoms with E-state index >= 15 is 0 Å². The summed E-state index contributed by atoms with van der Waals surface area (Å²) in [6.07, 6.45) is 9.79. The van der Waals surface area contributed by atoms with Gasteiger partial charge in [0.25, 0.3) is 0 Å². The molecule has 0 spiro atoms. The number of hydrogen-bond acceptors (Lipinski definition) is 2. The molecule has 2 aliphatic carbocycles. The van der Waals surface area contributed by atoms with Crippen molar-refractivity contribution in [1.29, 1.82) is 0 Å². The Morgan fingerprint density at radius 1 is 0.938 bits per heavy atom. The van der Waals surface area contributed by atoms with Crippen molar-refractivity contribution < 1.29 is 0 Å². The van der Waals surface area contributed by atoms with Gasteiger partial charge in [0.15, 0.2) is 0 Å². The second kappa shape index (κ2) is 4.33. The van der Waals surface area contributed by atoms with Crippen molar-refractivity contribution in [2.75, 3.05) is 0 Å². The quantitative estimate of drug-likeness (QED) is 0.696. The van der Waals surface area contributed by atoms with Crippen LogP contribution in [-0.4, -0.2) is 9.97 Å². The molecule has 0 aromatic carbocycles. The highest BCUT2D eigenvalue weighted by Crippen LogP contribution is 2.34. The SMILES string of the molecule is Clc1nc(C2CCCC2)nc2c1CCCC2. The average molecular weight is 237 g/mol. The molecule has 1 aromatic heterocycles. The molecule has 0 bridgehead atoms. The van der Waals surface area contributed by atoms with E-state index in [0.717, 1.165) is 23.8 Å². The highest BCUT2D eigenvalue weighted by molar-refractivity contribution is 6.30. The lowest BCUT2D eigenvalue weighted by Crippen LogP contribution is -2.12. The number of aryl methyl sites for hydroxylation is 1. The molecule has 0 saturated heterocycles. The monoisotopic (exact) mass is 236 g/mol. The molecule has 16 heavy (non-hydrogen) atoms. The van der Waals surface area contributed by atoms with Gasteiger partial charge in [-0.3, -0.25) is 0 Å². The normalized spacial score (nSPS) is 21.1. The fraction of sp³-hybridized carbons (Fsp3) is 0.692. The van der Waals surface area contributed by atoms with Gasteiger partial charge in [-0.05, 0) is 38.5 Å². The third kappa shape index (κ3) is 1.84. The average Bonchev–Trinajstić information content (AvgIpc) is 2.82. The van der Waals surface area contributed by atoms with E-state index in [2.05, 4.69) is 4.98 Å². The summed E-state index contributed by atoms with van der Waals surface area (Å²) >= 11 is 6.27. The first kappa shape index (κ1) is 10.5. The van der Waals surface area contributed by atoms with Gasteiger partial charge in [-0.2, -0.15) is 0 Å². The number of aromatic nitrogens is 2. The zero-order chi connectivity index (χ0) is 11.0. The maximum absolute atomic E-state index is 6.27. The van der Waals surface area contributed by atoms with Crippen LogP contribution < -0.4 is 0 Å². The van der Waals surface area contributed by atoms with E-state index in [9.17, 15) is 0 Å². The molecular formula is C13H17ClN2. The molecule has 2 aliphatic rings. The van der Waals surface area contributed by atoms with Crippen LogP contribution in [0.4, 0.5) is 0 Å². The predicted molar refractivity (Wildman–Crippen MR) is 64.9 cm³/mol. The van der Waals surface area contributed by atoms with Gasteiger partial charge in [-0.15, -0.1) is 0 Å². The second-order valence-corrected chi connectivity index (χ2v) is 5.34. The van der Waals surface area contributed by atoms with Crippen LogP contribution in [0.15, 0.2) is 0 Å². The Balaban J connectivity index is 1.97. The highest BCUT2D eigenvalue weighted by atomic mass is 35.5. The maximum Gasteiger partial charge on any atom is 0.136 e. The molecule has 1 saturated carbocycles. The summed E-state index contributed by atoms with van der Waals surface area (Å²) in [5.41, 5.74) is 2.45. The Morgan fingerprint density at radius 2 is 1.69 bits per heavy atom. The predicted octanol–water partition coefficient (Wildman–Crippen LogP) is 3.67. The van der Waals surface area contributed by atoms with Crippen LogP contribution in [0.25, 0.3) is 0 Å². The van der Waals surface area contributed by atoms with Crippen LogP contribution in [0, 0.1) is 0 Å². The fourth-order valence-electron chi connectivity index (χ4n) is 2.93. The molecular weight excluding hydrogens is 220 g/mol. The first-order chi connectivity index (χ1) is 7.84. The number of hydrogen-bond donors (Lipinski definition) is 0.